The minimum absolute atomic E-state index is 0.0322. The molecule has 3 aromatic rings. The van der Waals surface area contributed by atoms with Crippen LogP contribution in [0.3, 0.4) is 0 Å². The van der Waals surface area contributed by atoms with E-state index in [1.807, 2.05) is 23.1 Å². The molecule has 5 rings (SSSR count). The van der Waals surface area contributed by atoms with Gasteiger partial charge in [0.1, 0.15) is 23.0 Å². The standard InChI is InChI=1S/C29H27ClN4O4/c1-38-24-12-10-23(11-13-24)34-28(36)25(30)26(29(34)37)31-22-9-5-8-21(18-22)27(35)33-16-14-32(15-17-33)19-20-6-3-2-4-7-20/h2-13,18,31H,14-17,19H2,1H3/p+1. The van der Waals surface area contributed by atoms with Crippen molar-refractivity contribution >= 4 is 40.7 Å². The molecule has 2 aliphatic heterocycles. The van der Waals surface area contributed by atoms with E-state index in [-0.39, 0.29) is 16.6 Å². The Hall–Kier alpha value is -4.14. The highest BCUT2D eigenvalue weighted by atomic mass is 35.5. The zero-order valence-corrected chi connectivity index (χ0v) is 21.7. The number of anilines is 2. The van der Waals surface area contributed by atoms with Gasteiger partial charge in [0.25, 0.3) is 17.7 Å². The van der Waals surface area contributed by atoms with Crippen LogP contribution in [0.1, 0.15) is 15.9 Å². The van der Waals surface area contributed by atoms with Gasteiger partial charge in [-0.1, -0.05) is 48.0 Å². The number of carbonyl (C=O) groups is 3. The van der Waals surface area contributed by atoms with Crippen molar-refractivity contribution in [2.75, 3.05) is 43.5 Å². The van der Waals surface area contributed by atoms with Gasteiger partial charge in [-0.05, 0) is 42.5 Å². The Morgan fingerprint density at radius 1 is 0.947 bits per heavy atom. The second kappa shape index (κ2) is 11.1. The molecule has 2 N–H and O–H groups in total. The van der Waals surface area contributed by atoms with Crippen LogP contribution in [0.2, 0.25) is 0 Å². The van der Waals surface area contributed by atoms with Crippen LogP contribution >= 0.6 is 11.6 Å². The minimum Gasteiger partial charge on any atom is -0.497 e. The summed E-state index contributed by atoms with van der Waals surface area (Å²) in [6.45, 7) is 4.02. The number of benzene rings is 3. The third kappa shape index (κ3) is 5.27. The molecule has 194 valence electrons. The van der Waals surface area contributed by atoms with Gasteiger partial charge in [0.2, 0.25) is 0 Å². The molecule has 2 aliphatic rings. The molecule has 0 saturated carbocycles. The summed E-state index contributed by atoms with van der Waals surface area (Å²) in [5.41, 5.74) is 2.64. The Bertz CT molecular complexity index is 1380. The fourth-order valence-electron chi connectivity index (χ4n) is 4.72. The van der Waals surface area contributed by atoms with Crippen molar-refractivity contribution in [1.82, 2.24) is 4.90 Å². The van der Waals surface area contributed by atoms with Gasteiger partial charge in [0.05, 0.1) is 39.0 Å². The summed E-state index contributed by atoms with van der Waals surface area (Å²) < 4.78 is 5.14. The largest absolute Gasteiger partial charge is 0.497 e. The first-order chi connectivity index (χ1) is 18.4. The van der Waals surface area contributed by atoms with Crippen molar-refractivity contribution in [2.24, 2.45) is 0 Å². The van der Waals surface area contributed by atoms with Crippen LogP contribution in [-0.4, -0.2) is 55.9 Å². The lowest BCUT2D eigenvalue weighted by Crippen LogP contribution is -3.13. The number of hydrogen-bond acceptors (Lipinski definition) is 5. The number of piperazine rings is 1. The Labute approximate surface area is 226 Å². The summed E-state index contributed by atoms with van der Waals surface area (Å²) in [6, 6.07) is 23.8. The molecule has 9 heteroatoms. The molecule has 38 heavy (non-hydrogen) atoms. The summed E-state index contributed by atoms with van der Waals surface area (Å²) >= 11 is 6.28. The number of nitrogens with one attached hydrogen (secondary N) is 2. The second-order valence-corrected chi connectivity index (χ2v) is 9.62. The highest BCUT2D eigenvalue weighted by molar-refractivity contribution is 6.53. The molecular formula is C29H28ClN4O4+. The molecule has 0 radical (unpaired) electrons. The first kappa shape index (κ1) is 25.5. The van der Waals surface area contributed by atoms with Crippen molar-refractivity contribution in [3.63, 3.8) is 0 Å². The molecule has 0 aliphatic carbocycles. The number of quaternary nitrogens is 1. The molecule has 1 saturated heterocycles. The number of carbonyl (C=O) groups excluding carboxylic acids is 3. The summed E-state index contributed by atoms with van der Waals surface area (Å²) in [6.07, 6.45) is 0. The van der Waals surface area contributed by atoms with E-state index in [0.29, 0.717) is 35.8 Å². The van der Waals surface area contributed by atoms with Gasteiger partial charge in [0, 0.05) is 16.8 Å². The number of ether oxygens (including phenoxy) is 1. The number of rotatable bonds is 7. The molecular weight excluding hydrogens is 504 g/mol. The zero-order valence-electron chi connectivity index (χ0n) is 20.9. The van der Waals surface area contributed by atoms with Crippen LogP contribution in [0.25, 0.3) is 0 Å². The Balaban J connectivity index is 1.24. The van der Waals surface area contributed by atoms with Crippen LogP contribution in [0, 0.1) is 0 Å². The van der Waals surface area contributed by atoms with Crippen molar-refractivity contribution < 1.29 is 24.0 Å². The first-order valence-corrected chi connectivity index (χ1v) is 12.8. The van der Waals surface area contributed by atoms with Crippen molar-refractivity contribution in [3.8, 4) is 5.75 Å². The molecule has 0 atom stereocenters. The van der Waals surface area contributed by atoms with E-state index in [1.54, 1.807) is 48.5 Å². The zero-order chi connectivity index (χ0) is 26.6. The van der Waals surface area contributed by atoms with Crippen LogP contribution in [0.5, 0.6) is 5.75 Å². The maximum absolute atomic E-state index is 13.2. The highest BCUT2D eigenvalue weighted by Crippen LogP contribution is 2.31. The Morgan fingerprint density at radius 3 is 2.34 bits per heavy atom. The first-order valence-electron chi connectivity index (χ1n) is 12.4. The molecule has 2 heterocycles. The van der Waals surface area contributed by atoms with Crippen LogP contribution in [0.15, 0.2) is 89.6 Å². The average Bonchev–Trinajstić information content (AvgIpc) is 3.16. The topological polar surface area (TPSA) is 83.4 Å². The monoisotopic (exact) mass is 531 g/mol. The SMILES string of the molecule is COc1ccc(N2C(=O)C(Cl)=C(Nc3cccc(C(=O)N4CC[NH+](Cc5ccccc5)CC4)c3)C2=O)cc1. The summed E-state index contributed by atoms with van der Waals surface area (Å²) in [5, 5.41) is 2.75. The molecule has 0 unspecified atom stereocenters. The third-order valence-electron chi connectivity index (χ3n) is 6.79. The predicted molar refractivity (Wildman–Crippen MR) is 145 cm³/mol. The maximum atomic E-state index is 13.2. The normalized spacial score (nSPS) is 16.3. The molecule has 8 nitrogen and oxygen atoms in total. The van der Waals surface area contributed by atoms with Gasteiger partial charge in [-0.3, -0.25) is 14.4 Å². The number of hydrogen-bond donors (Lipinski definition) is 2. The average molecular weight is 532 g/mol. The van der Waals surface area contributed by atoms with Gasteiger partial charge in [-0.25, -0.2) is 4.90 Å². The molecule has 3 amide bonds. The van der Waals surface area contributed by atoms with Crippen LogP contribution < -0.4 is 19.9 Å². The number of amides is 3. The van der Waals surface area contributed by atoms with Gasteiger partial charge in [-0.15, -0.1) is 0 Å². The van der Waals surface area contributed by atoms with Gasteiger partial charge >= 0.3 is 0 Å². The molecule has 3 aromatic carbocycles. The van der Waals surface area contributed by atoms with E-state index in [4.69, 9.17) is 16.3 Å². The number of nitrogens with zero attached hydrogens (tertiary/aromatic N) is 2. The van der Waals surface area contributed by atoms with Gasteiger partial charge in [0.15, 0.2) is 0 Å². The van der Waals surface area contributed by atoms with E-state index in [0.717, 1.165) is 24.5 Å². The number of halogens is 1. The van der Waals surface area contributed by atoms with Crippen molar-refractivity contribution in [1.29, 1.82) is 0 Å². The van der Waals surface area contributed by atoms with E-state index < -0.39 is 11.8 Å². The lowest BCUT2D eigenvalue weighted by atomic mass is 10.1. The summed E-state index contributed by atoms with van der Waals surface area (Å²) in [5.74, 6) is -0.654. The van der Waals surface area contributed by atoms with Crippen molar-refractivity contribution in [3.05, 3.63) is 101 Å². The molecule has 0 spiro atoms. The molecule has 1 fully saturated rings. The van der Waals surface area contributed by atoms with E-state index in [2.05, 4.69) is 17.4 Å². The lowest BCUT2D eigenvalue weighted by Gasteiger charge is -2.32. The highest BCUT2D eigenvalue weighted by Gasteiger charge is 2.39. The van der Waals surface area contributed by atoms with E-state index in [9.17, 15) is 14.4 Å². The van der Waals surface area contributed by atoms with Gasteiger partial charge in [-0.2, -0.15) is 0 Å². The van der Waals surface area contributed by atoms with E-state index >= 15 is 0 Å². The number of imide groups is 1. The fraction of sp³-hybridized carbons (Fsp3) is 0.207. The Morgan fingerprint density at radius 2 is 1.66 bits per heavy atom. The van der Waals surface area contributed by atoms with E-state index in [1.165, 1.54) is 17.6 Å². The quantitative estimate of drug-likeness (QED) is 0.458. The van der Waals surface area contributed by atoms with Crippen LogP contribution in [-0.2, 0) is 16.1 Å². The smallest absolute Gasteiger partial charge is 0.283 e. The Kier molecular flexibility index (Phi) is 7.44. The fourth-order valence-corrected chi connectivity index (χ4v) is 4.93. The third-order valence-corrected chi connectivity index (χ3v) is 7.14. The lowest BCUT2D eigenvalue weighted by molar-refractivity contribution is -0.917. The minimum atomic E-state index is -0.618. The number of methoxy groups -OCH3 is 1. The maximum Gasteiger partial charge on any atom is 0.283 e. The summed E-state index contributed by atoms with van der Waals surface area (Å²) in [4.78, 5) is 43.4. The molecule has 0 bridgehead atoms. The summed E-state index contributed by atoms with van der Waals surface area (Å²) in [7, 11) is 1.54. The van der Waals surface area contributed by atoms with Crippen molar-refractivity contribution in [2.45, 2.75) is 6.54 Å². The predicted octanol–water partition coefficient (Wildman–Crippen LogP) is 2.67. The molecule has 0 aromatic heterocycles. The van der Waals surface area contributed by atoms with Gasteiger partial charge < -0.3 is 19.9 Å². The van der Waals surface area contributed by atoms with Crippen LogP contribution in [0.4, 0.5) is 11.4 Å². The second-order valence-electron chi connectivity index (χ2n) is 9.24.